The van der Waals surface area contributed by atoms with Gasteiger partial charge in [-0.3, -0.25) is 0 Å². The first-order chi connectivity index (χ1) is 9.68. The molecule has 2 heteroatoms. The summed E-state index contributed by atoms with van der Waals surface area (Å²) in [5, 5.41) is 0. The van der Waals surface area contributed by atoms with E-state index in [0.29, 0.717) is 11.4 Å². The zero-order valence-corrected chi connectivity index (χ0v) is 12.6. The standard InChI is InChI=1S/C17H22NS/c1-13-8-6-7-11-16(13)18-12-19-17(14(18)2)15-9-4-3-5-10-15/h6-8,11-12,15H,3-5,9-10H2,1-2H3/q+1/i12D. The van der Waals surface area contributed by atoms with Crippen LogP contribution in [0.3, 0.4) is 0 Å². The molecule has 0 atom stereocenters. The Morgan fingerprint density at radius 2 is 1.89 bits per heavy atom. The lowest BCUT2D eigenvalue weighted by Crippen LogP contribution is -2.32. The highest BCUT2D eigenvalue weighted by molar-refractivity contribution is 7.09. The average molecular weight is 273 g/mol. The van der Waals surface area contributed by atoms with Gasteiger partial charge < -0.3 is 0 Å². The summed E-state index contributed by atoms with van der Waals surface area (Å²) in [7, 11) is 0. The van der Waals surface area contributed by atoms with Crippen LogP contribution in [-0.2, 0) is 0 Å². The van der Waals surface area contributed by atoms with E-state index < -0.39 is 0 Å². The number of thiazole rings is 1. The third-order valence-electron chi connectivity index (χ3n) is 4.27. The molecule has 1 aromatic carbocycles. The first-order valence-electron chi connectivity index (χ1n) is 7.76. The van der Waals surface area contributed by atoms with Gasteiger partial charge >= 0.3 is 0 Å². The molecule has 1 fully saturated rings. The number of hydrogen-bond acceptors (Lipinski definition) is 1. The Morgan fingerprint density at radius 1 is 1.16 bits per heavy atom. The molecule has 0 amide bonds. The van der Waals surface area contributed by atoms with E-state index in [-0.39, 0.29) is 0 Å². The van der Waals surface area contributed by atoms with Gasteiger partial charge in [-0.25, -0.2) is 0 Å². The molecule has 1 aromatic heterocycles. The van der Waals surface area contributed by atoms with Crippen LogP contribution >= 0.6 is 11.3 Å². The first kappa shape index (κ1) is 11.7. The van der Waals surface area contributed by atoms with Crippen molar-refractivity contribution < 1.29 is 5.94 Å². The number of rotatable bonds is 2. The maximum atomic E-state index is 8.37. The summed E-state index contributed by atoms with van der Waals surface area (Å²) in [5.41, 5.74) is 4.34. The van der Waals surface area contributed by atoms with Crippen molar-refractivity contribution in [1.29, 1.82) is 0 Å². The smallest absolute Gasteiger partial charge is 0.154 e. The molecule has 2 aromatic rings. The fourth-order valence-electron chi connectivity index (χ4n) is 3.14. The summed E-state index contributed by atoms with van der Waals surface area (Å²) in [4.78, 5) is 1.44. The summed E-state index contributed by atoms with van der Waals surface area (Å²) < 4.78 is 10.5. The Hall–Kier alpha value is -1.15. The van der Waals surface area contributed by atoms with Crippen molar-refractivity contribution in [1.82, 2.24) is 0 Å². The third kappa shape index (κ3) is 2.46. The molecule has 100 valence electrons. The molecule has 0 radical (unpaired) electrons. The van der Waals surface area contributed by atoms with Crippen molar-refractivity contribution in [2.75, 3.05) is 0 Å². The van der Waals surface area contributed by atoms with Crippen LogP contribution in [0, 0.1) is 13.8 Å². The fourth-order valence-corrected chi connectivity index (χ4v) is 4.20. The lowest BCUT2D eigenvalue weighted by atomic mass is 9.87. The molecule has 0 saturated heterocycles. The Labute approximate surface area is 121 Å². The van der Waals surface area contributed by atoms with Gasteiger partial charge in [0.15, 0.2) is 7.06 Å². The van der Waals surface area contributed by atoms with E-state index in [0.717, 1.165) is 5.69 Å². The van der Waals surface area contributed by atoms with E-state index >= 15 is 0 Å². The molecule has 0 unspecified atom stereocenters. The molecule has 3 rings (SSSR count). The Morgan fingerprint density at radius 3 is 2.63 bits per heavy atom. The van der Waals surface area contributed by atoms with Crippen LogP contribution in [-0.4, -0.2) is 0 Å². The van der Waals surface area contributed by atoms with Crippen molar-refractivity contribution in [3.63, 3.8) is 0 Å². The number of nitrogens with zero attached hydrogens (tertiary/aromatic N) is 1. The zero-order valence-electron chi connectivity index (χ0n) is 12.8. The van der Waals surface area contributed by atoms with Crippen LogP contribution in [0.2, 0.25) is 0 Å². The largest absolute Gasteiger partial charge is 0.231 e. The topological polar surface area (TPSA) is 3.88 Å². The van der Waals surface area contributed by atoms with Crippen molar-refractivity contribution >= 4 is 11.3 Å². The van der Waals surface area contributed by atoms with Crippen LogP contribution in [0.5, 0.6) is 0 Å². The van der Waals surface area contributed by atoms with Gasteiger partial charge in [0.05, 0.1) is 4.88 Å². The average Bonchev–Trinajstić information content (AvgIpc) is 2.76. The Kier molecular flexibility index (Phi) is 3.35. The molecular weight excluding hydrogens is 250 g/mol. The van der Waals surface area contributed by atoms with Gasteiger partial charge in [0, 0.05) is 18.6 Å². The van der Waals surface area contributed by atoms with Crippen LogP contribution in [0.1, 0.15) is 55.5 Å². The van der Waals surface area contributed by atoms with E-state index in [1.165, 1.54) is 48.2 Å². The summed E-state index contributed by atoms with van der Waals surface area (Å²) in [6.45, 7) is 4.31. The molecule has 0 N–H and O–H groups in total. The number of benzene rings is 1. The van der Waals surface area contributed by atoms with Crippen LogP contribution in [0.25, 0.3) is 5.69 Å². The van der Waals surface area contributed by atoms with Gasteiger partial charge in [-0.05, 0) is 25.7 Å². The summed E-state index contributed by atoms with van der Waals surface area (Å²) in [6.07, 6.45) is 6.68. The lowest BCUT2D eigenvalue weighted by Gasteiger charge is -2.19. The minimum atomic E-state index is 0.664. The van der Waals surface area contributed by atoms with E-state index in [4.69, 9.17) is 1.37 Å². The van der Waals surface area contributed by atoms with Gasteiger partial charge in [0.1, 0.15) is 0 Å². The molecule has 1 nitrogen and oxygen atoms in total. The normalized spacial score (nSPS) is 17.5. The van der Waals surface area contributed by atoms with Gasteiger partial charge in [-0.1, -0.05) is 48.8 Å². The fraction of sp³-hybridized carbons (Fsp3) is 0.471. The SMILES string of the molecule is [2H]c1sc(C2CCCCC2)c(C)[n+]1-c1ccccc1C. The summed E-state index contributed by atoms with van der Waals surface area (Å²) in [5.74, 6) is 0.683. The summed E-state index contributed by atoms with van der Waals surface area (Å²) >= 11 is 1.68. The van der Waals surface area contributed by atoms with Crippen molar-refractivity contribution in [3.05, 3.63) is 45.9 Å². The third-order valence-corrected chi connectivity index (χ3v) is 5.39. The molecule has 1 heterocycles. The lowest BCUT2D eigenvalue weighted by molar-refractivity contribution is -0.597. The number of aromatic nitrogens is 1. The first-order valence-corrected chi connectivity index (χ1v) is 8.08. The number of hydrogen-bond donors (Lipinski definition) is 0. The predicted molar refractivity (Wildman–Crippen MR) is 81.2 cm³/mol. The molecule has 0 bridgehead atoms. The quantitative estimate of drug-likeness (QED) is 0.699. The Bertz CT molecular complexity index is 611. The van der Waals surface area contributed by atoms with E-state index in [2.05, 4.69) is 42.7 Å². The molecule has 1 aliphatic rings. The van der Waals surface area contributed by atoms with E-state index in [1.807, 2.05) is 0 Å². The maximum absolute atomic E-state index is 8.37. The molecule has 19 heavy (non-hydrogen) atoms. The molecular formula is C17H22NS+. The number of aryl methyl sites for hydroxylation is 1. The second-order valence-electron chi connectivity index (χ2n) is 5.60. The van der Waals surface area contributed by atoms with Crippen LogP contribution < -0.4 is 4.57 Å². The van der Waals surface area contributed by atoms with Gasteiger partial charge in [0.2, 0.25) is 11.2 Å². The highest BCUT2D eigenvalue weighted by Crippen LogP contribution is 2.36. The van der Waals surface area contributed by atoms with Crippen molar-refractivity contribution in [3.8, 4) is 5.69 Å². The predicted octanol–water partition coefficient (Wildman–Crippen LogP) is 4.69. The Balaban J connectivity index is 2.05. The summed E-state index contributed by atoms with van der Waals surface area (Å²) in [6, 6.07) is 8.37. The molecule has 1 aliphatic carbocycles. The second-order valence-corrected chi connectivity index (χ2v) is 6.43. The van der Waals surface area contributed by atoms with Crippen molar-refractivity contribution in [2.45, 2.75) is 51.9 Å². The van der Waals surface area contributed by atoms with Crippen molar-refractivity contribution in [2.24, 2.45) is 0 Å². The van der Waals surface area contributed by atoms with E-state index in [9.17, 15) is 0 Å². The molecule has 0 spiro atoms. The minimum absolute atomic E-state index is 0.664. The zero-order chi connectivity index (χ0) is 14.1. The monoisotopic (exact) mass is 273 g/mol. The maximum Gasteiger partial charge on any atom is 0.231 e. The molecule has 0 aliphatic heterocycles. The number of para-hydroxylation sites is 1. The highest BCUT2D eigenvalue weighted by Gasteiger charge is 2.26. The second kappa shape index (κ2) is 5.46. The van der Waals surface area contributed by atoms with Gasteiger partial charge in [-0.15, -0.1) is 0 Å². The van der Waals surface area contributed by atoms with Crippen LogP contribution in [0.15, 0.2) is 29.8 Å². The minimum Gasteiger partial charge on any atom is -0.154 e. The van der Waals surface area contributed by atoms with E-state index in [1.54, 1.807) is 11.3 Å². The highest BCUT2D eigenvalue weighted by atomic mass is 32.1. The van der Waals surface area contributed by atoms with Gasteiger partial charge in [-0.2, -0.15) is 4.57 Å². The van der Waals surface area contributed by atoms with Gasteiger partial charge in [0.25, 0.3) is 0 Å². The molecule has 1 saturated carbocycles. The van der Waals surface area contributed by atoms with Crippen LogP contribution in [0.4, 0.5) is 0 Å².